The van der Waals surface area contributed by atoms with E-state index in [2.05, 4.69) is 59.9 Å². The van der Waals surface area contributed by atoms with Gasteiger partial charge in [0.15, 0.2) is 0 Å². The van der Waals surface area contributed by atoms with Gasteiger partial charge in [-0.3, -0.25) is 0 Å². The van der Waals surface area contributed by atoms with E-state index in [9.17, 15) is 0 Å². The Hall–Kier alpha value is -1.35. The molecule has 0 spiro atoms. The lowest BCUT2D eigenvalue weighted by Crippen LogP contribution is -2.45. The fraction of sp³-hybridized carbons (Fsp3) is 0.611. The summed E-state index contributed by atoms with van der Waals surface area (Å²) in [5.41, 5.74) is 2.38. The molecule has 4 unspecified atom stereocenters. The van der Waals surface area contributed by atoms with E-state index in [-0.39, 0.29) is 0 Å². The van der Waals surface area contributed by atoms with Crippen molar-refractivity contribution in [3.63, 3.8) is 0 Å². The van der Waals surface area contributed by atoms with E-state index in [4.69, 9.17) is 0 Å². The topological polar surface area (TPSA) is 29.9 Å². The largest absolute Gasteiger partial charge is 0.326 e. The molecule has 1 N–H and O–H groups in total. The van der Waals surface area contributed by atoms with Crippen LogP contribution in [-0.4, -0.2) is 22.1 Å². The number of aromatic nitrogens is 2. The number of nitrogens with zero attached hydrogens (tertiary/aromatic N) is 2. The van der Waals surface area contributed by atoms with Gasteiger partial charge in [-0.25, -0.2) is 4.98 Å². The first-order valence-electron chi connectivity index (χ1n) is 8.35. The number of hydrogen-bond acceptors (Lipinski definition) is 2. The maximum Gasteiger partial charge on any atom is 0.0961 e. The Kier molecular flexibility index (Phi) is 4.29. The van der Waals surface area contributed by atoms with Crippen LogP contribution >= 0.6 is 0 Å². The highest BCUT2D eigenvalue weighted by Gasteiger charge is 2.35. The summed E-state index contributed by atoms with van der Waals surface area (Å²) in [5.74, 6) is 1.49. The van der Waals surface area contributed by atoms with E-state index < -0.39 is 0 Å². The minimum Gasteiger partial charge on any atom is -0.326 e. The van der Waals surface area contributed by atoms with Crippen molar-refractivity contribution in [3.8, 4) is 0 Å². The van der Waals surface area contributed by atoms with Crippen LogP contribution in [0.4, 0.5) is 0 Å². The molecule has 21 heavy (non-hydrogen) atoms. The van der Waals surface area contributed by atoms with Crippen LogP contribution in [0, 0.1) is 11.8 Å². The van der Waals surface area contributed by atoms with Crippen LogP contribution in [0.1, 0.15) is 46.1 Å². The summed E-state index contributed by atoms with van der Waals surface area (Å²) in [7, 11) is 0. The van der Waals surface area contributed by atoms with Crippen molar-refractivity contribution < 1.29 is 0 Å². The van der Waals surface area contributed by atoms with Crippen LogP contribution in [0.3, 0.4) is 0 Å². The smallest absolute Gasteiger partial charge is 0.0961 e. The predicted octanol–water partition coefficient (Wildman–Crippen LogP) is 4.01. The number of rotatable bonds is 4. The maximum absolute atomic E-state index is 4.60. The summed E-state index contributed by atoms with van der Waals surface area (Å²) in [5, 5.41) is 3.79. The van der Waals surface area contributed by atoms with Gasteiger partial charge in [0, 0.05) is 6.04 Å². The second-order valence-corrected chi connectivity index (χ2v) is 6.75. The standard InChI is InChI=1S/C18H27N3/c1-4-9-19-16-11-13(2)10-14(3)18(16)21-12-20-15-7-5-6-8-17(15)21/h5-8,12-14,16,18-19H,4,9-11H2,1-3H3. The summed E-state index contributed by atoms with van der Waals surface area (Å²) in [4.78, 5) is 4.60. The van der Waals surface area contributed by atoms with Crippen LogP contribution < -0.4 is 5.32 Å². The molecule has 4 atom stereocenters. The normalized spacial score (nSPS) is 29.9. The summed E-state index contributed by atoms with van der Waals surface area (Å²) < 4.78 is 2.42. The van der Waals surface area contributed by atoms with Crippen molar-refractivity contribution in [1.29, 1.82) is 0 Å². The molecule has 0 amide bonds. The Morgan fingerprint density at radius 1 is 1.24 bits per heavy atom. The average molecular weight is 285 g/mol. The molecule has 3 rings (SSSR count). The first kappa shape index (κ1) is 14.6. The minimum atomic E-state index is 0.514. The first-order chi connectivity index (χ1) is 10.2. The number of hydrogen-bond donors (Lipinski definition) is 1. The molecule has 1 saturated carbocycles. The van der Waals surface area contributed by atoms with Gasteiger partial charge in [-0.1, -0.05) is 32.9 Å². The molecule has 1 heterocycles. The van der Waals surface area contributed by atoms with Gasteiger partial charge in [-0.15, -0.1) is 0 Å². The Morgan fingerprint density at radius 3 is 2.86 bits per heavy atom. The molecule has 1 aromatic heterocycles. The Morgan fingerprint density at radius 2 is 2.05 bits per heavy atom. The van der Waals surface area contributed by atoms with Gasteiger partial charge in [0.1, 0.15) is 0 Å². The lowest BCUT2D eigenvalue weighted by atomic mass is 9.76. The van der Waals surface area contributed by atoms with Gasteiger partial charge >= 0.3 is 0 Å². The average Bonchev–Trinajstić information content (AvgIpc) is 2.88. The fourth-order valence-corrected chi connectivity index (χ4v) is 4.06. The van der Waals surface area contributed by atoms with Crippen LogP contribution in [0.25, 0.3) is 11.0 Å². The van der Waals surface area contributed by atoms with E-state index >= 15 is 0 Å². The van der Waals surface area contributed by atoms with Gasteiger partial charge < -0.3 is 9.88 Å². The molecule has 1 fully saturated rings. The van der Waals surface area contributed by atoms with Crippen LogP contribution in [0.5, 0.6) is 0 Å². The third-order valence-electron chi connectivity index (χ3n) is 4.88. The molecule has 0 aliphatic heterocycles. The summed E-state index contributed by atoms with van der Waals surface area (Å²) in [6, 6.07) is 9.56. The Balaban J connectivity index is 1.95. The number of benzene rings is 1. The highest BCUT2D eigenvalue weighted by Crippen LogP contribution is 2.38. The van der Waals surface area contributed by atoms with Gasteiger partial charge in [-0.05, 0) is 49.8 Å². The number of nitrogens with one attached hydrogen (secondary N) is 1. The van der Waals surface area contributed by atoms with Crippen LogP contribution in [0.15, 0.2) is 30.6 Å². The Bertz CT molecular complexity index is 589. The van der Waals surface area contributed by atoms with Gasteiger partial charge in [0.25, 0.3) is 0 Å². The zero-order valence-electron chi connectivity index (χ0n) is 13.4. The second kappa shape index (κ2) is 6.18. The van der Waals surface area contributed by atoms with E-state index in [0.29, 0.717) is 18.0 Å². The molecule has 3 heteroatoms. The van der Waals surface area contributed by atoms with E-state index in [0.717, 1.165) is 18.0 Å². The third-order valence-corrected chi connectivity index (χ3v) is 4.88. The predicted molar refractivity (Wildman–Crippen MR) is 88.4 cm³/mol. The van der Waals surface area contributed by atoms with Gasteiger partial charge in [0.05, 0.1) is 23.4 Å². The van der Waals surface area contributed by atoms with Crippen molar-refractivity contribution in [3.05, 3.63) is 30.6 Å². The third kappa shape index (κ3) is 2.84. The first-order valence-corrected chi connectivity index (χ1v) is 8.35. The van der Waals surface area contributed by atoms with Gasteiger partial charge in [-0.2, -0.15) is 0 Å². The minimum absolute atomic E-state index is 0.514. The molecule has 1 aromatic carbocycles. The molecular formula is C18H27N3. The zero-order valence-corrected chi connectivity index (χ0v) is 13.4. The van der Waals surface area contributed by atoms with E-state index in [1.807, 2.05) is 6.33 Å². The van der Waals surface area contributed by atoms with Crippen molar-refractivity contribution in [1.82, 2.24) is 14.9 Å². The summed E-state index contributed by atoms with van der Waals surface area (Å²) >= 11 is 0. The summed E-state index contributed by atoms with van der Waals surface area (Å²) in [6.07, 6.45) is 5.81. The molecule has 114 valence electrons. The van der Waals surface area contributed by atoms with Crippen molar-refractivity contribution in [2.75, 3.05) is 6.54 Å². The molecule has 0 bridgehead atoms. The van der Waals surface area contributed by atoms with E-state index in [1.165, 1.54) is 24.8 Å². The molecule has 1 aliphatic rings. The fourth-order valence-electron chi connectivity index (χ4n) is 4.06. The number of imidazole rings is 1. The SMILES string of the molecule is CCCNC1CC(C)CC(C)C1n1cnc2ccccc21. The quantitative estimate of drug-likeness (QED) is 0.919. The highest BCUT2D eigenvalue weighted by atomic mass is 15.1. The van der Waals surface area contributed by atoms with Crippen LogP contribution in [-0.2, 0) is 0 Å². The number of fused-ring (bicyclic) bond motifs is 1. The van der Waals surface area contributed by atoms with E-state index in [1.54, 1.807) is 0 Å². The van der Waals surface area contributed by atoms with Crippen molar-refractivity contribution >= 4 is 11.0 Å². The van der Waals surface area contributed by atoms with Crippen molar-refractivity contribution in [2.24, 2.45) is 11.8 Å². The van der Waals surface area contributed by atoms with Crippen LogP contribution in [0.2, 0.25) is 0 Å². The molecular weight excluding hydrogens is 258 g/mol. The zero-order chi connectivity index (χ0) is 14.8. The second-order valence-electron chi connectivity index (χ2n) is 6.75. The Labute approximate surface area is 127 Å². The molecule has 3 nitrogen and oxygen atoms in total. The number of para-hydroxylation sites is 2. The molecule has 1 aliphatic carbocycles. The lowest BCUT2D eigenvalue weighted by Gasteiger charge is -2.41. The molecule has 2 aromatic rings. The highest BCUT2D eigenvalue weighted by molar-refractivity contribution is 5.75. The lowest BCUT2D eigenvalue weighted by molar-refractivity contribution is 0.156. The molecule has 0 saturated heterocycles. The summed E-state index contributed by atoms with van der Waals surface area (Å²) in [6.45, 7) is 8.13. The van der Waals surface area contributed by atoms with Gasteiger partial charge in [0.2, 0.25) is 0 Å². The monoisotopic (exact) mass is 285 g/mol. The van der Waals surface area contributed by atoms with Crippen molar-refractivity contribution in [2.45, 2.75) is 52.1 Å². The molecule has 0 radical (unpaired) electrons. The maximum atomic E-state index is 4.60.